The van der Waals surface area contributed by atoms with Crippen LogP contribution in [0.5, 0.6) is 0 Å². The van der Waals surface area contributed by atoms with Crippen molar-refractivity contribution < 1.29 is 0 Å². The molecule has 1 aromatic heterocycles. The van der Waals surface area contributed by atoms with Crippen molar-refractivity contribution in [2.24, 2.45) is 0 Å². The van der Waals surface area contributed by atoms with E-state index in [1.165, 1.54) is 10.9 Å². The second-order valence-electron chi connectivity index (χ2n) is 3.12. The third-order valence-corrected chi connectivity index (χ3v) is 2.18. The van der Waals surface area contributed by atoms with Gasteiger partial charge < -0.3 is 5.32 Å². The molecule has 0 spiro atoms. The molecule has 2 nitrogen and oxygen atoms in total. The average molecular weight is 172 g/mol. The molecular weight excluding hydrogens is 160 g/mol. The first-order valence-corrected chi connectivity index (χ1v) is 4.34. The predicted octanol–water partition coefficient (Wildman–Crippen LogP) is 2.58. The second kappa shape index (κ2) is 3.05. The fourth-order valence-corrected chi connectivity index (χ4v) is 1.52. The summed E-state index contributed by atoms with van der Waals surface area (Å²) in [6.07, 6.45) is 1.83. The zero-order valence-electron chi connectivity index (χ0n) is 7.83. The van der Waals surface area contributed by atoms with E-state index in [9.17, 15) is 0 Å². The molecule has 0 radical (unpaired) electrons. The van der Waals surface area contributed by atoms with Gasteiger partial charge in [-0.3, -0.25) is 4.98 Å². The Bertz CT molecular complexity index is 435. The van der Waals surface area contributed by atoms with Crippen molar-refractivity contribution in [2.45, 2.75) is 6.92 Å². The SMILES string of the molecule is CNc1cc(C)c2ncccc2c1. The number of benzene rings is 1. The number of aryl methyl sites for hydroxylation is 1. The molecule has 1 N–H and O–H groups in total. The van der Waals surface area contributed by atoms with Gasteiger partial charge in [0.1, 0.15) is 0 Å². The number of hydrogen-bond acceptors (Lipinski definition) is 2. The third kappa shape index (κ3) is 1.35. The third-order valence-electron chi connectivity index (χ3n) is 2.18. The standard InChI is InChI=1S/C11H12N2/c1-8-6-10(12-2)7-9-4-3-5-13-11(8)9/h3-7,12H,1-2H3. The van der Waals surface area contributed by atoms with E-state index in [4.69, 9.17) is 0 Å². The van der Waals surface area contributed by atoms with Crippen LogP contribution in [0.25, 0.3) is 10.9 Å². The average Bonchev–Trinajstić information content (AvgIpc) is 2.18. The van der Waals surface area contributed by atoms with Gasteiger partial charge in [0, 0.05) is 24.3 Å². The van der Waals surface area contributed by atoms with E-state index in [1.54, 1.807) is 0 Å². The number of fused-ring (bicyclic) bond motifs is 1. The number of nitrogens with one attached hydrogen (secondary N) is 1. The number of aromatic nitrogens is 1. The normalized spacial score (nSPS) is 10.3. The van der Waals surface area contributed by atoms with E-state index >= 15 is 0 Å². The topological polar surface area (TPSA) is 24.9 Å². The minimum absolute atomic E-state index is 1.08. The summed E-state index contributed by atoms with van der Waals surface area (Å²) < 4.78 is 0. The van der Waals surface area contributed by atoms with Crippen LogP contribution in [0.15, 0.2) is 30.5 Å². The van der Waals surface area contributed by atoms with Crippen LogP contribution in [0.2, 0.25) is 0 Å². The Morgan fingerprint density at radius 1 is 1.31 bits per heavy atom. The largest absolute Gasteiger partial charge is 0.388 e. The van der Waals surface area contributed by atoms with E-state index in [0.717, 1.165) is 11.2 Å². The molecule has 0 aliphatic heterocycles. The van der Waals surface area contributed by atoms with Crippen LogP contribution in [0.3, 0.4) is 0 Å². The maximum atomic E-state index is 4.33. The highest BCUT2D eigenvalue weighted by Gasteiger charge is 1.99. The monoisotopic (exact) mass is 172 g/mol. The van der Waals surface area contributed by atoms with Gasteiger partial charge in [0.2, 0.25) is 0 Å². The summed E-state index contributed by atoms with van der Waals surface area (Å²) in [5, 5.41) is 4.32. The van der Waals surface area contributed by atoms with E-state index in [2.05, 4.69) is 35.4 Å². The van der Waals surface area contributed by atoms with Crippen molar-refractivity contribution in [3.63, 3.8) is 0 Å². The summed E-state index contributed by atoms with van der Waals surface area (Å²) in [5.41, 5.74) is 3.43. The molecule has 0 aliphatic carbocycles. The maximum Gasteiger partial charge on any atom is 0.0732 e. The van der Waals surface area contributed by atoms with Crippen LogP contribution in [0, 0.1) is 6.92 Å². The van der Waals surface area contributed by atoms with Crippen molar-refractivity contribution in [3.8, 4) is 0 Å². The molecule has 1 aromatic carbocycles. The summed E-state index contributed by atoms with van der Waals surface area (Å²) >= 11 is 0. The Morgan fingerprint density at radius 3 is 2.92 bits per heavy atom. The van der Waals surface area contributed by atoms with Crippen LogP contribution >= 0.6 is 0 Å². The van der Waals surface area contributed by atoms with Crippen LogP contribution in [-0.4, -0.2) is 12.0 Å². The number of rotatable bonds is 1. The van der Waals surface area contributed by atoms with E-state index < -0.39 is 0 Å². The van der Waals surface area contributed by atoms with Gasteiger partial charge in [-0.25, -0.2) is 0 Å². The smallest absolute Gasteiger partial charge is 0.0732 e. The summed E-state index contributed by atoms with van der Waals surface area (Å²) in [4.78, 5) is 4.33. The van der Waals surface area contributed by atoms with Gasteiger partial charge in [0.05, 0.1) is 5.52 Å². The van der Waals surface area contributed by atoms with Crippen molar-refractivity contribution >= 4 is 16.6 Å². The highest BCUT2D eigenvalue weighted by atomic mass is 14.8. The van der Waals surface area contributed by atoms with Crippen LogP contribution in [0.4, 0.5) is 5.69 Å². The highest BCUT2D eigenvalue weighted by Crippen LogP contribution is 2.20. The first-order chi connectivity index (χ1) is 6.31. The molecule has 0 unspecified atom stereocenters. The quantitative estimate of drug-likeness (QED) is 0.715. The van der Waals surface area contributed by atoms with E-state index in [-0.39, 0.29) is 0 Å². The van der Waals surface area contributed by atoms with Crippen molar-refractivity contribution in [1.82, 2.24) is 4.98 Å². The zero-order valence-corrected chi connectivity index (χ0v) is 7.83. The lowest BCUT2D eigenvalue weighted by atomic mass is 10.1. The molecule has 2 rings (SSSR count). The van der Waals surface area contributed by atoms with E-state index in [0.29, 0.717) is 0 Å². The molecular formula is C11H12N2. The fourth-order valence-electron chi connectivity index (χ4n) is 1.52. The maximum absolute atomic E-state index is 4.33. The molecule has 0 saturated carbocycles. The van der Waals surface area contributed by atoms with Gasteiger partial charge >= 0.3 is 0 Å². The summed E-state index contributed by atoms with van der Waals surface area (Å²) in [5.74, 6) is 0. The lowest BCUT2D eigenvalue weighted by molar-refractivity contribution is 1.36. The Labute approximate surface area is 77.6 Å². The van der Waals surface area contributed by atoms with Crippen molar-refractivity contribution in [2.75, 3.05) is 12.4 Å². The van der Waals surface area contributed by atoms with Gasteiger partial charge in [0.25, 0.3) is 0 Å². The molecule has 2 heteroatoms. The van der Waals surface area contributed by atoms with Crippen molar-refractivity contribution in [3.05, 3.63) is 36.0 Å². The zero-order chi connectivity index (χ0) is 9.26. The number of nitrogens with zero attached hydrogens (tertiary/aromatic N) is 1. The lowest BCUT2D eigenvalue weighted by Crippen LogP contribution is -1.90. The van der Waals surface area contributed by atoms with Crippen LogP contribution in [-0.2, 0) is 0 Å². The molecule has 0 fully saturated rings. The molecule has 1 heterocycles. The second-order valence-corrected chi connectivity index (χ2v) is 3.12. The van der Waals surface area contributed by atoms with Crippen LogP contribution < -0.4 is 5.32 Å². The molecule has 66 valence electrons. The van der Waals surface area contributed by atoms with Gasteiger partial charge in [0.15, 0.2) is 0 Å². The molecule has 2 aromatic rings. The molecule has 13 heavy (non-hydrogen) atoms. The lowest BCUT2D eigenvalue weighted by Gasteiger charge is -2.05. The number of anilines is 1. The first-order valence-electron chi connectivity index (χ1n) is 4.34. The van der Waals surface area contributed by atoms with Crippen molar-refractivity contribution in [1.29, 1.82) is 0 Å². The van der Waals surface area contributed by atoms with Gasteiger partial charge in [-0.05, 0) is 30.7 Å². The molecule has 0 saturated heterocycles. The van der Waals surface area contributed by atoms with Gasteiger partial charge in [-0.15, -0.1) is 0 Å². The van der Waals surface area contributed by atoms with E-state index in [1.807, 2.05) is 19.3 Å². The molecule has 0 bridgehead atoms. The summed E-state index contributed by atoms with van der Waals surface area (Å²) in [6.45, 7) is 2.08. The first kappa shape index (κ1) is 8.05. The Kier molecular flexibility index (Phi) is 1.89. The van der Waals surface area contributed by atoms with Crippen LogP contribution in [0.1, 0.15) is 5.56 Å². The minimum Gasteiger partial charge on any atom is -0.388 e. The Hall–Kier alpha value is -1.57. The summed E-state index contributed by atoms with van der Waals surface area (Å²) in [6, 6.07) is 8.25. The minimum atomic E-state index is 1.08. The Morgan fingerprint density at radius 2 is 2.15 bits per heavy atom. The number of hydrogen-bond donors (Lipinski definition) is 1. The fraction of sp³-hybridized carbons (Fsp3) is 0.182. The molecule has 0 aliphatic rings. The highest BCUT2D eigenvalue weighted by molar-refractivity contribution is 5.85. The summed E-state index contributed by atoms with van der Waals surface area (Å²) in [7, 11) is 1.93. The molecule has 0 atom stereocenters. The van der Waals surface area contributed by atoms with Gasteiger partial charge in [-0.1, -0.05) is 6.07 Å². The number of pyridine rings is 1. The molecule has 0 amide bonds. The predicted molar refractivity (Wildman–Crippen MR) is 56.0 cm³/mol. The Balaban J connectivity index is 2.77. The van der Waals surface area contributed by atoms with Gasteiger partial charge in [-0.2, -0.15) is 0 Å².